The van der Waals surface area contributed by atoms with Gasteiger partial charge in [0.15, 0.2) is 5.78 Å². The minimum absolute atomic E-state index is 0.0348. The Hall–Kier alpha value is -0.670. The normalized spacial score (nSPS) is 32.4. The van der Waals surface area contributed by atoms with Gasteiger partial charge in [0.2, 0.25) is 6.29 Å². The van der Waals surface area contributed by atoms with Crippen molar-refractivity contribution in [1.29, 1.82) is 0 Å². The Morgan fingerprint density at radius 3 is 2.94 bits per heavy atom. The summed E-state index contributed by atoms with van der Waals surface area (Å²) >= 11 is 0. The Kier molecular flexibility index (Phi) is 5.16. The third kappa shape index (κ3) is 3.72. The van der Waals surface area contributed by atoms with Crippen LogP contribution in [0.4, 0.5) is 0 Å². The van der Waals surface area contributed by atoms with E-state index in [-0.39, 0.29) is 23.9 Å². The summed E-state index contributed by atoms with van der Waals surface area (Å²) in [6.07, 6.45) is 3.65. The van der Waals surface area contributed by atoms with Gasteiger partial charge in [-0.05, 0) is 32.6 Å². The van der Waals surface area contributed by atoms with Gasteiger partial charge >= 0.3 is 0 Å². The second kappa shape index (κ2) is 6.16. The maximum atomic E-state index is 11.7. The summed E-state index contributed by atoms with van der Waals surface area (Å²) < 4.78 is 11.2. The summed E-state index contributed by atoms with van der Waals surface area (Å²) in [6, 6.07) is 0. The third-order valence-electron chi connectivity index (χ3n) is 3.06. The summed E-state index contributed by atoms with van der Waals surface area (Å²) in [5, 5.41) is 0. The number of carbonyl (C=O) groups is 1. The fourth-order valence-corrected chi connectivity index (χ4v) is 1.72. The van der Waals surface area contributed by atoms with Crippen molar-refractivity contribution < 1.29 is 14.3 Å². The van der Waals surface area contributed by atoms with Crippen molar-refractivity contribution >= 4 is 5.78 Å². The van der Waals surface area contributed by atoms with Crippen molar-refractivity contribution in [3.63, 3.8) is 0 Å². The van der Waals surface area contributed by atoms with Gasteiger partial charge in [-0.1, -0.05) is 13.0 Å². The van der Waals surface area contributed by atoms with Crippen LogP contribution in [-0.4, -0.2) is 24.3 Å². The zero-order valence-electron chi connectivity index (χ0n) is 10.4. The highest BCUT2D eigenvalue weighted by atomic mass is 16.7. The molecule has 0 aromatic rings. The molecule has 0 amide bonds. The monoisotopic (exact) mass is 226 g/mol. The Morgan fingerprint density at radius 2 is 2.31 bits per heavy atom. The first-order valence-electron chi connectivity index (χ1n) is 5.99. The van der Waals surface area contributed by atoms with Gasteiger partial charge in [0.1, 0.15) is 0 Å². The van der Waals surface area contributed by atoms with Crippen LogP contribution < -0.4 is 0 Å². The van der Waals surface area contributed by atoms with Crippen LogP contribution in [0.3, 0.4) is 0 Å². The van der Waals surface area contributed by atoms with Crippen LogP contribution in [0.5, 0.6) is 0 Å². The van der Waals surface area contributed by atoms with Crippen LogP contribution in [0.25, 0.3) is 0 Å². The number of hydrogen-bond acceptors (Lipinski definition) is 3. The average Bonchev–Trinajstić information content (AvgIpc) is 2.23. The maximum Gasteiger partial charge on any atom is 0.218 e. The van der Waals surface area contributed by atoms with Gasteiger partial charge in [-0.15, -0.1) is 6.58 Å². The zero-order valence-corrected chi connectivity index (χ0v) is 10.4. The number of hydrogen-bond donors (Lipinski definition) is 0. The van der Waals surface area contributed by atoms with Crippen molar-refractivity contribution in [3.05, 3.63) is 12.7 Å². The average molecular weight is 226 g/mol. The van der Waals surface area contributed by atoms with E-state index in [0.29, 0.717) is 6.42 Å². The lowest BCUT2D eigenvalue weighted by Gasteiger charge is -2.32. The molecule has 92 valence electrons. The topological polar surface area (TPSA) is 35.5 Å². The van der Waals surface area contributed by atoms with Crippen LogP contribution in [0.1, 0.15) is 40.0 Å². The summed E-state index contributed by atoms with van der Waals surface area (Å²) in [5.74, 6) is 0.354. The quantitative estimate of drug-likeness (QED) is 0.676. The van der Waals surface area contributed by atoms with E-state index in [2.05, 4.69) is 6.58 Å². The number of ketones is 1. The van der Waals surface area contributed by atoms with E-state index in [1.54, 1.807) is 0 Å². The Bertz CT molecular complexity index is 250. The molecule has 1 rings (SSSR count). The van der Waals surface area contributed by atoms with Crippen molar-refractivity contribution in [1.82, 2.24) is 0 Å². The molecule has 0 saturated carbocycles. The number of allylic oxidation sites excluding steroid dienone is 1. The predicted molar refractivity (Wildman–Crippen MR) is 63.1 cm³/mol. The molecule has 1 saturated heterocycles. The van der Waals surface area contributed by atoms with E-state index in [1.807, 2.05) is 26.8 Å². The summed E-state index contributed by atoms with van der Waals surface area (Å²) in [5.41, 5.74) is 0. The van der Waals surface area contributed by atoms with Crippen LogP contribution in [0.2, 0.25) is 0 Å². The molecular formula is C13H22O3. The Morgan fingerprint density at radius 1 is 1.62 bits per heavy atom. The lowest BCUT2D eigenvalue weighted by molar-refractivity contribution is -0.214. The fraction of sp³-hybridized carbons (Fsp3) is 0.769. The van der Waals surface area contributed by atoms with Gasteiger partial charge in [0.25, 0.3) is 0 Å². The first-order chi connectivity index (χ1) is 7.54. The molecule has 0 bridgehead atoms. The first-order valence-corrected chi connectivity index (χ1v) is 5.99. The number of rotatable bonds is 5. The van der Waals surface area contributed by atoms with Gasteiger partial charge in [-0.2, -0.15) is 0 Å². The zero-order chi connectivity index (χ0) is 12.1. The lowest BCUT2D eigenvalue weighted by Crippen LogP contribution is -2.42. The van der Waals surface area contributed by atoms with E-state index >= 15 is 0 Å². The molecule has 1 unspecified atom stereocenters. The number of ether oxygens (including phenoxy) is 2. The first kappa shape index (κ1) is 13.4. The molecule has 3 nitrogen and oxygen atoms in total. The van der Waals surface area contributed by atoms with Crippen molar-refractivity contribution in [3.8, 4) is 0 Å². The SMILES string of the molecule is C=CCC[C@@H](C)O[C@@H]1OC(C)[C@H](C)CC1=O. The molecule has 1 aliphatic heterocycles. The van der Waals surface area contributed by atoms with Crippen LogP contribution in [0.15, 0.2) is 12.7 Å². The van der Waals surface area contributed by atoms with E-state index < -0.39 is 6.29 Å². The molecule has 3 heteroatoms. The summed E-state index contributed by atoms with van der Waals surface area (Å²) in [7, 11) is 0. The molecule has 1 heterocycles. The van der Waals surface area contributed by atoms with E-state index in [4.69, 9.17) is 9.47 Å². The van der Waals surface area contributed by atoms with Crippen LogP contribution >= 0.6 is 0 Å². The molecule has 0 aromatic heterocycles. The number of Topliss-reactive ketones (excluding diaryl/α,β-unsaturated/α-hetero) is 1. The Balaban J connectivity index is 2.41. The van der Waals surface area contributed by atoms with Gasteiger partial charge in [0, 0.05) is 6.42 Å². The minimum Gasteiger partial charge on any atom is -0.343 e. The lowest BCUT2D eigenvalue weighted by atomic mass is 9.96. The van der Waals surface area contributed by atoms with Crippen LogP contribution in [-0.2, 0) is 14.3 Å². The van der Waals surface area contributed by atoms with E-state index in [1.165, 1.54) is 0 Å². The molecule has 1 aliphatic rings. The highest BCUT2D eigenvalue weighted by Crippen LogP contribution is 2.23. The van der Waals surface area contributed by atoms with Crippen LogP contribution in [0, 0.1) is 5.92 Å². The van der Waals surface area contributed by atoms with Gasteiger partial charge < -0.3 is 9.47 Å². The van der Waals surface area contributed by atoms with Crippen molar-refractivity contribution in [2.45, 2.75) is 58.5 Å². The smallest absolute Gasteiger partial charge is 0.218 e. The van der Waals surface area contributed by atoms with Gasteiger partial charge in [-0.3, -0.25) is 4.79 Å². The molecule has 0 spiro atoms. The summed E-state index contributed by atoms with van der Waals surface area (Å²) in [6.45, 7) is 9.64. The van der Waals surface area contributed by atoms with Gasteiger partial charge in [-0.25, -0.2) is 0 Å². The van der Waals surface area contributed by atoms with E-state index in [9.17, 15) is 4.79 Å². The maximum absolute atomic E-state index is 11.7. The molecule has 16 heavy (non-hydrogen) atoms. The predicted octanol–water partition coefficient (Wildman–Crippen LogP) is 2.70. The molecular weight excluding hydrogens is 204 g/mol. The van der Waals surface area contributed by atoms with Gasteiger partial charge in [0.05, 0.1) is 12.2 Å². The molecule has 4 atom stereocenters. The van der Waals surface area contributed by atoms with E-state index in [0.717, 1.165) is 12.8 Å². The summed E-state index contributed by atoms with van der Waals surface area (Å²) in [4.78, 5) is 11.7. The minimum atomic E-state index is -0.661. The highest BCUT2D eigenvalue weighted by molar-refractivity contribution is 5.82. The molecule has 0 radical (unpaired) electrons. The Labute approximate surface area is 97.8 Å². The molecule has 1 fully saturated rings. The molecule has 0 aliphatic carbocycles. The molecule has 0 N–H and O–H groups in total. The number of carbonyl (C=O) groups excluding carboxylic acids is 1. The second-order valence-corrected chi connectivity index (χ2v) is 4.63. The third-order valence-corrected chi connectivity index (χ3v) is 3.06. The standard InChI is InChI=1S/C13H22O3/c1-5-6-7-10(3)15-13-12(14)8-9(2)11(4)16-13/h5,9-11,13H,1,6-8H2,2-4H3/t9-,10-,11?,13-/m1/s1. The van der Waals surface area contributed by atoms with Crippen molar-refractivity contribution in [2.75, 3.05) is 0 Å². The molecule has 0 aromatic carbocycles. The van der Waals surface area contributed by atoms with Crippen molar-refractivity contribution in [2.24, 2.45) is 5.92 Å². The highest BCUT2D eigenvalue weighted by Gasteiger charge is 2.33. The second-order valence-electron chi connectivity index (χ2n) is 4.63. The largest absolute Gasteiger partial charge is 0.343 e. The fourth-order valence-electron chi connectivity index (χ4n) is 1.72.